The van der Waals surface area contributed by atoms with Crippen LogP contribution in [0.15, 0.2) is 0 Å². The van der Waals surface area contributed by atoms with Gasteiger partial charge in [-0.25, -0.2) is 0 Å². The number of rotatable bonds is 23. The van der Waals surface area contributed by atoms with Crippen LogP contribution in [0.4, 0.5) is 0 Å². The van der Waals surface area contributed by atoms with Crippen LogP contribution < -0.4 is 0 Å². The van der Waals surface area contributed by atoms with Gasteiger partial charge in [-0.05, 0) is 50.4 Å². The molecule has 0 aliphatic rings. The maximum atomic E-state index is 12.3. The molecule has 190 valence electrons. The third-order valence-electron chi connectivity index (χ3n) is 6.74. The third-order valence-corrected chi connectivity index (χ3v) is 6.74. The lowest BCUT2D eigenvalue weighted by molar-refractivity contribution is -0.153. The lowest BCUT2D eigenvalue weighted by atomic mass is 9.77. The molecule has 0 rings (SSSR count). The second-order valence-electron chi connectivity index (χ2n) is 9.32. The summed E-state index contributed by atoms with van der Waals surface area (Å²) in [6, 6.07) is 0. The molecule has 0 saturated heterocycles. The molecule has 6 nitrogen and oxygen atoms in total. The molecule has 32 heavy (non-hydrogen) atoms. The zero-order chi connectivity index (χ0) is 24.2. The van der Waals surface area contributed by atoms with E-state index >= 15 is 0 Å². The Bertz CT molecular complexity index is 455. The van der Waals surface area contributed by atoms with Crippen LogP contribution in [0, 0.1) is 17.3 Å². The normalized spacial score (nSPS) is 15.2. The van der Waals surface area contributed by atoms with E-state index in [1.54, 1.807) is 0 Å². The van der Waals surface area contributed by atoms with Crippen molar-refractivity contribution in [2.24, 2.45) is 17.3 Å². The van der Waals surface area contributed by atoms with Crippen LogP contribution in [0.5, 0.6) is 0 Å². The molecule has 6 heteroatoms. The number of carbonyl (C=O) groups is 2. The molecule has 2 unspecified atom stereocenters. The summed E-state index contributed by atoms with van der Waals surface area (Å²) in [5.74, 6) is -0.733. The Labute approximate surface area is 196 Å². The molecular formula is C26H50O6. The molecule has 0 fully saturated rings. The highest BCUT2D eigenvalue weighted by Gasteiger charge is 2.37. The van der Waals surface area contributed by atoms with E-state index in [1.165, 1.54) is 25.7 Å². The van der Waals surface area contributed by atoms with Crippen molar-refractivity contribution in [3.05, 3.63) is 0 Å². The Kier molecular flexibility index (Phi) is 18.7. The minimum atomic E-state index is -0.994. The summed E-state index contributed by atoms with van der Waals surface area (Å²) < 4.78 is 11.8. The number of carboxylic acid groups (broad SMARTS) is 2. The first-order chi connectivity index (χ1) is 15.3. The molecule has 0 aliphatic carbocycles. The van der Waals surface area contributed by atoms with Crippen molar-refractivity contribution < 1.29 is 29.3 Å². The van der Waals surface area contributed by atoms with Gasteiger partial charge in [-0.1, -0.05) is 66.2 Å². The zero-order valence-electron chi connectivity index (χ0n) is 21.2. The van der Waals surface area contributed by atoms with E-state index in [0.717, 1.165) is 25.7 Å². The van der Waals surface area contributed by atoms with E-state index in [4.69, 9.17) is 14.6 Å². The van der Waals surface area contributed by atoms with Crippen LogP contribution >= 0.6 is 0 Å². The standard InChI is InChI=1S/C26H50O6/c1-5-9-12-22(7-3)20-31-18-16-26(25(29)30,15-11-14-24(27)28)17-19-32-21-23(8-4)13-10-6-2/h22-23H,5-21H2,1-4H3,(H,27,28)(H,29,30). The number of aliphatic carboxylic acids is 2. The summed E-state index contributed by atoms with van der Waals surface area (Å²) >= 11 is 0. The average molecular weight is 459 g/mol. The minimum absolute atomic E-state index is 0.0133. The van der Waals surface area contributed by atoms with Gasteiger partial charge in [-0.15, -0.1) is 0 Å². The van der Waals surface area contributed by atoms with Crippen molar-refractivity contribution >= 4 is 11.9 Å². The number of hydrogen-bond donors (Lipinski definition) is 2. The third kappa shape index (κ3) is 14.1. The van der Waals surface area contributed by atoms with Gasteiger partial charge in [0.25, 0.3) is 0 Å². The van der Waals surface area contributed by atoms with Gasteiger partial charge in [0, 0.05) is 32.8 Å². The van der Waals surface area contributed by atoms with Crippen LogP contribution in [0.25, 0.3) is 0 Å². The highest BCUT2D eigenvalue weighted by molar-refractivity contribution is 5.74. The summed E-state index contributed by atoms with van der Waals surface area (Å²) in [7, 11) is 0. The molecule has 0 bridgehead atoms. The molecule has 0 heterocycles. The molecule has 0 radical (unpaired) electrons. The number of carboxylic acids is 2. The lowest BCUT2D eigenvalue weighted by Crippen LogP contribution is -2.34. The summed E-state index contributed by atoms with van der Waals surface area (Å²) in [6.45, 7) is 10.8. The van der Waals surface area contributed by atoms with Gasteiger partial charge >= 0.3 is 11.9 Å². The summed E-state index contributed by atoms with van der Waals surface area (Å²) in [5, 5.41) is 19.1. The maximum Gasteiger partial charge on any atom is 0.309 e. The van der Waals surface area contributed by atoms with Crippen LogP contribution in [0.3, 0.4) is 0 Å². The summed E-state index contributed by atoms with van der Waals surface area (Å²) in [6.07, 6.45) is 10.6. The Morgan fingerprint density at radius 2 is 1.22 bits per heavy atom. The molecule has 2 N–H and O–H groups in total. The molecule has 0 amide bonds. The molecule has 0 aliphatic heterocycles. The Balaban J connectivity index is 4.82. The van der Waals surface area contributed by atoms with Crippen molar-refractivity contribution in [1.29, 1.82) is 0 Å². The van der Waals surface area contributed by atoms with Gasteiger partial charge in [0.15, 0.2) is 0 Å². The van der Waals surface area contributed by atoms with E-state index in [2.05, 4.69) is 27.7 Å². The predicted octanol–water partition coefficient (Wildman–Crippen LogP) is 6.56. The van der Waals surface area contributed by atoms with Crippen molar-refractivity contribution in [2.45, 2.75) is 111 Å². The highest BCUT2D eigenvalue weighted by Crippen LogP contribution is 2.34. The molecule has 0 spiro atoms. The van der Waals surface area contributed by atoms with Crippen LogP contribution in [-0.2, 0) is 19.1 Å². The highest BCUT2D eigenvalue weighted by atomic mass is 16.5. The van der Waals surface area contributed by atoms with E-state index in [1.807, 2.05) is 0 Å². The van der Waals surface area contributed by atoms with Crippen molar-refractivity contribution in [3.63, 3.8) is 0 Å². The molecule has 0 saturated carbocycles. The predicted molar refractivity (Wildman–Crippen MR) is 129 cm³/mol. The monoisotopic (exact) mass is 458 g/mol. The Hall–Kier alpha value is -1.14. The second kappa shape index (κ2) is 19.3. The largest absolute Gasteiger partial charge is 0.481 e. The zero-order valence-corrected chi connectivity index (χ0v) is 21.2. The van der Waals surface area contributed by atoms with Gasteiger partial charge in [0.1, 0.15) is 0 Å². The van der Waals surface area contributed by atoms with Gasteiger partial charge in [-0.2, -0.15) is 0 Å². The fourth-order valence-electron chi connectivity index (χ4n) is 4.11. The SMILES string of the molecule is CCCCC(CC)COCCC(CCCC(=O)O)(CCOCC(CC)CCCC)C(=O)O. The van der Waals surface area contributed by atoms with E-state index in [-0.39, 0.29) is 6.42 Å². The second-order valence-corrected chi connectivity index (χ2v) is 9.32. The Morgan fingerprint density at radius 1 is 0.750 bits per heavy atom. The van der Waals surface area contributed by atoms with Gasteiger partial charge in [-0.3, -0.25) is 9.59 Å². The number of unbranched alkanes of at least 4 members (excludes halogenated alkanes) is 2. The first kappa shape index (κ1) is 30.9. The van der Waals surface area contributed by atoms with E-state index < -0.39 is 17.4 Å². The maximum absolute atomic E-state index is 12.3. The quantitative estimate of drug-likeness (QED) is 0.168. The fraction of sp³-hybridized carbons (Fsp3) is 0.923. The van der Waals surface area contributed by atoms with E-state index in [9.17, 15) is 14.7 Å². The Morgan fingerprint density at radius 3 is 1.56 bits per heavy atom. The molecule has 2 atom stereocenters. The number of ether oxygens (including phenoxy) is 2. The van der Waals surface area contributed by atoms with Crippen molar-refractivity contribution in [3.8, 4) is 0 Å². The first-order valence-corrected chi connectivity index (χ1v) is 13.0. The summed E-state index contributed by atoms with van der Waals surface area (Å²) in [5.41, 5.74) is -0.994. The fourth-order valence-corrected chi connectivity index (χ4v) is 4.11. The van der Waals surface area contributed by atoms with Gasteiger partial charge in [0.2, 0.25) is 0 Å². The topological polar surface area (TPSA) is 93.1 Å². The van der Waals surface area contributed by atoms with Crippen molar-refractivity contribution in [1.82, 2.24) is 0 Å². The van der Waals surface area contributed by atoms with E-state index in [0.29, 0.717) is 63.9 Å². The van der Waals surface area contributed by atoms with Crippen molar-refractivity contribution in [2.75, 3.05) is 26.4 Å². The van der Waals surface area contributed by atoms with Crippen LogP contribution in [0.1, 0.15) is 111 Å². The molecular weight excluding hydrogens is 408 g/mol. The smallest absolute Gasteiger partial charge is 0.309 e. The number of hydrogen-bond acceptors (Lipinski definition) is 4. The molecule has 0 aromatic carbocycles. The lowest BCUT2D eigenvalue weighted by Gasteiger charge is -2.30. The first-order valence-electron chi connectivity index (χ1n) is 13.0. The average Bonchev–Trinajstić information content (AvgIpc) is 2.77. The molecule has 0 aromatic rings. The van der Waals surface area contributed by atoms with Gasteiger partial charge < -0.3 is 19.7 Å². The summed E-state index contributed by atoms with van der Waals surface area (Å²) in [4.78, 5) is 23.3. The van der Waals surface area contributed by atoms with Gasteiger partial charge in [0.05, 0.1) is 5.41 Å². The van der Waals surface area contributed by atoms with Crippen LogP contribution in [0.2, 0.25) is 0 Å². The minimum Gasteiger partial charge on any atom is -0.481 e. The van der Waals surface area contributed by atoms with Crippen LogP contribution in [-0.4, -0.2) is 48.6 Å². The molecule has 0 aromatic heterocycles.